The van der Waals surface area contributed by atoms with Crippen molar-refractivity contribution in [1.82, 2.24) is 10.6 Å². The average Bonchev–Trinajstić information content (AvgIpc) is 2.57. The summed E-state index contributed by atoms with van der Waals surface area (Å²) in [6, 6.07) is 4.30. The lowest BCUT2D eigenvalue weighted by Crippen LogP contribution is -2.46. The number of methoxy groups -OCH3 is 1. The molecule has 0 saturated carbocycles. The van der Waals surface area contributed by atoms with Gasteiger partial charge in [-0.05, 0) is 30.5 Å². The monoisotopic (exact) mass is 334 g/mol. The molecule has 1 aromatic carbocycles. The Labute approximate surface area is 143 Å². The maximum absolute atomic E-state index is 12.4. The zero-order valence-electron chi connectivity index (χ0n) is 14.7. The molecule has 1 aromatic rings. The van der Waals surface area contributed by atoms with Crippen molar-refractivity contribution in [1.29, 1.82) is 0 Å². The summed E-state index contributed by atoms with van der Waals surface area (Å²) in [4.78, 5) is 24.4. The normalized spacial score (nSPS) is 11.5. The molecule has 132 valence electrons. The summed E-state index contributed by atoms with van der Waals surface area (Å²) in [5.41, 5.74) is 0.399. The Balaban J connectivity index is 2.92. The first-order valence-corrected chi connectivity index (χ1v) is 7.87. The number of rotatable bonds is 9. The van der Waals surface area contributed by atoms with Crippen molar-refractivity contribution in [2.24, 2.45) is 5.92 Å². The number of hydrogen-bond donors (Lipinski definition) is 2. The van der Waals surface area contributed by atoms with Crippen LogP contribution in [0.4, 0.5) is 0 Å². The zero-order valence-corrected chi connectivity index (χ0v) is 14.7. The molecule has 1 atom stereocenters. The quantitative estimate of drug-likeness (QED) is 0.679. The second-order valence-electron chi connectivity index (χ2n) is 5.74. The van der Waals surface area contributed by atoms with E-state index in [2.05, 4.69) is 17.2 Å². The molecule has 0 aliphatic heterocycles. The molecule has 0 heterocycles. The molecule has 6 heteroatoms. The molecule has 0 saturated heterocycles. The third-order valence-corrected chi connectivity index (χ3v) is 3.36. The van der Waals surface area contributed by atoms with Gasteiger partial charge in [-0.1, -0.05) is 26.5 Å². The number of carbonyl (C=O) groups excluding carboxylic acids is 2. The van der Waals surface area contributed by atoms with Crippen LogP contribution < -0.4 is 20.1 Å². The maximum Gasteiger partial charge on any atom is 0.252 e. The number of ether oxygens (including phenoxy) is 2. The van der Waals surface area contributed by atoms with E-state index in [0.717, 1.165) is 0 Å². The van der Waals surface area contributed by atoms with Crippen molar-refractivity contribution < 1.29 is 19.1 Å². The fraction of sp³-hybridized carbons (Fsp3) is 0.444. The van der Waals surface area contributed by atoms with Gasteiger partial charge in [-0.2, -0.15) is 0 Å². The van der Waals surface area contributed by atoms with Gasteiger partial charge in [-0.25, -0.2) is 0 Å². The Morgan fingerprint density at radius 1 is 1.29 bits per heavy atom. The minimum atomic E-state index is -0.579. The highest BCUT2D eigenvalue weighted by Gasteiger charge is 2.22. The fourth-order valence-corrected chi connectivity index (χ4v) is 2.20. The summed E-state index contributed by atoms with van der Waals surface area (Å²) in [5.74, 6) is 0.702. The lowest BCUT2D eigenvalue weighted by molar-refractivity contribution is -0.122. The molecule has 0 aliphatic rings. The summed E-state index contributed by atoms with van der Waals surface area (Å²) in [6.07, 6.45) is 2.18. The molecule has 0 spiro atoms. The molecule has 0 aliphatic carbocycles. The van der Waals surface area contributed by atoms with E-state index in [1.807, 2.05) is 13.8 Å². The molecule has 0 fully saturated rings. The van der Waals surface area contributed by atoms with Gasteiger partial charge in [0.25, 0.3) is 5.91 Å². The molecule has 0 unspecified atom stereocenters. The first-order valence-electron chi connectivity index (χ1n) is 7.87. The minimum Gasteiger partial charge on any atom is -0.493 e. The highest BCUT2D eigenvalue weighted by atomic mass is 16.5. The highest BCUT2D eigenvalue weighted by Crippen LogP contribution is 2.28. The lowest BCUT2D eigenvalue weighted by atomic mass is 10.0. The molecule has 6 nitrogen and oxygen atoms in total. The van der Waals surface area contributed by atoms with Crippen LogP contribution in [-0.2, 0) is 4.79 Å². The summed E-state index contributed by atoms with van der Waals surface area (Å²) in [5, 5.41) is 5.34. The van der Waals surface area contributed by atoms with Crippen LogP contribution in [0.1, 0.15) is 30.6 Å². The molecule has 24 heavy (non-hydrogen) atoms. The number of benzene rings is 1. The molecule has 0 bridgehead atoms. The van der Waals surface area contributed by atoms with E-state index in [1.54, 1.807) is 31.3 Å². The topological polar surface area (TPSA) is 76.7 Å². The van der Waals surface area contributed by atoms with Crippen molar-refractivity contribution in [2.45, 2.75) is 26.3 Å². The number of hydrogen-bond acceptors (Lipinski definition) is 4. The van der Waals surface area contributed by atoms with Crippen LogP contribution in [-0.4, -0.2) is 38.6 Å². The summed E-state index contributed by atoms with van der Waals surface area (Å²) < 4.78 is 10.7. The van der Waals surface area contributed by atoms with E-state index in [1.165, 1.54) is 7.11 Å². The summed E-state index contributed by atoms with van der Waals surface area (Å²) >= 11 is 0. The average molecular weight is 334 g/mol. The largest absolute Gasteiger partial charge is 0.493 e. The Morgan fingerprint density at radius 2 is 2.00 bits per heavy atom. The summed E-state index contributed by atoms with van der Waals surface area (Å²) in [7, 11) is 3.06. The SMILES string of the molecule is C=CCOc1ccc(C(=O)N[C@@H](CC(C)C)C(=O)NC)cc1OC. The lowest BCUT2D eigenvalue weighted by Gasteiger charge is -2.19. The van der Waals surface area contributed by atoms with Gasteiger partial charge in [0.2, 0.25) is 5.91 Å². The van der Waals surface area contributed by atoms with Crippen LogP contribution in [0.2, 0.25) is 0 Å². The number of nitrogens with one attached hydrogen (secondary N) is 2. The van der Waals surface area contributed by atoms with Gasteiger partial charge in [0.15, 0.2) is 11.5 Å². The van der Waals surface area contributed by atoms with Crippen LogP contribution in [0.3, 0.4) is 0 Å². The first kappa shape index (κ1) is 19.5. The molecule has 2 amide bonds. The second kappa shape index (κ2) is 9.60. The van der Waals surface area contributed by atoms with Gasteiger partial charge >= 0.3 is 0 Å². The van der Waals surface area contributed by atoms with Crippen molar-refractivity contribution >= 4 is 11.8 Å². The van der Waals surface area contributed by atoms with Crippen LogP contribution in [0.25, 0.3) is 0 Å². The van der Waals surface area contributed by atoms with E-state index in [-0.39, 0.29) is 17.7 Å². The van der Waals surface area contributed by atoms with Gasteiger partial charge in [0, 0.05) is 12.6 Å². The first-order chi connectivity index (χ1) is 11.4. The molecular weight excluding hydrogens is 308 g/mol. The van der Waals surface area contributed by atoms with Crippen LogP contribution in [0.5, 0.6) is 11.5 Å². The van der Waals surface area contributed by atoms with Crippen LogP contribution >= 0.6 is 0 Å². The van der Waals surface area contributed by atoms with Crippen LogP contribution in [0.15, 0.2) is 30.9 Å². The van der Waals surface area contributed by atoms with E-state index >= 15 is 0 Å². The standard InChI is InChI=1S/C18H26N2O4/c1-6-9-24-15-8-7-13(11-16(15)23-5)17(21)20-14(10-12(2)3)18(22)19-4/h6-8,11-12,14H,1,9-10H2,2-5H3,(H,19,22)(H,20,21)/t14-/m0/s1. The van der Waals surface area contributed by atoms with Gasteiger partial charge in [0.1, 0.15) is 12.6 Å². The van der Waals surface area contributed by atoms with Crippen molar-refractivity contribution in [3.05, 3.63) is 36.4 Å². The van der Waals surface area contributed by atoms with Crippen LogP contribution in [0, 0.1) is 5.92 Å². The second-order valence-corrected chi connectivity index (χ2v) is 5.74. The predicted molar refractivity (Wildman–Crippen MR) is 93.5 cm³/mol. The molecule has 0 aromatic heterocycles. The van der Waals surface area contributed by atoms with Gasteiger partial charge < -0.3 is 20.1 Å². The number of carbonyl (C=O) groups is 2. The Kier molecular flexibility index (Phi) is 7.82. The van der Waals surface area contributed by atoms with E-state index in [4.69, 9.17) is 9.47 Å². The maximum atomic E-state index is 12.4. The number of amides is 2. The molecular formula is C18H26N2O4. The van der Waals surface area contributed by atoms with Crippen molar-refractivity contribution in [3.63, 3.8) is 0 Å². The van der Waals surface area contributed by atoms with E-state index in [9.17, 15) is 9.59 Å². The Morgan fingerprint density at radius 3 is 2.54 bits per heavy atom. The van der Waals surface area contributed by atoms with Crippen molar-refractivity contribution in [3.8, 4) is 11.5 Å². The minimum absolute atomic E-state index is 0.213. The van der Waals surface area contributed by atoms with E-state index in [0.29, 0.717) is 30.1 Å². The third-order valence-electron chi connectivity index (χ3n) is 3.36. The fourth-order valence-electron chi connectivity index (χ4n) is 2.20. The molecule has 0 radical (unpaired) electrons. The smallest absolute Gasteiger partial charge is 0.252 e. The van der Waals surface area contributed by atoms with Crippen molar-refractivity contribution in [2.75, 3.05) is 20.8 Å². The van der Waals surface area contributed by atoms with Gasteiger partial charge in [-0.15, -0.1) is 0 Å². The Bertz CT molecular complexity index is 584. The molecule has 2 N–H and O–H groups in total. The number of likely N-dealkylation sites (N-methyl/N-ethyl adjacent to an activating group) is 1. The Hall–Kier alpha value is -2.50. The van der Waals surface area contributed by atoms with Gasteiger partial charge in [-0.3, -0.25) is 9.59 Å². The zero-order chi connectivity index (χ0) is 18.1. The molecule has 1 rings (SSSR count). The predicted octanol–water partition coefficient (Wildman–Crippen LogP) is 2.15. The van der Waals surface area contributed by atoms with E-state index < -0.39 is 6.04 Å². The van der Waals surface area contributed by atoms with Gasteiger partial charge in [0.05, 0.1) is 7.11 Å². The highest BCUT2D eigenvalue weighted by molar-refractivity contribution is 5.98. The third kappa shape index (κ3) is 5.61. The summed E-state index contributed by atoms with van der Waals surface area (Å²) in [6.45, 7) is 7.93.